The largest absolute Gasteiger partial charge is 0.274 e. The van der Waals surface area contributed by atoms with E-state index in [9.17, 15) is 0 Å². The van der Waals surface area contributed by atoms with Gasteiger partial charge in [-0.15, -0.1) is 11.8 Å². The zero-order valence-corrected chi connectivity index (χ0v) is 11.3. The monoisotopic (exact) mass is 245 g/mol. The van der Waals surface area contributed by atoms with Gasteiger partial charge in [0.15, 0.2) is 0 Å². The minimum atomic E-state index is 0.453. The molecule has 1 aromatic rings. The Morgan fingerprint density at radius 3 is 2.82 bits per heavy atom. The number of hydrogen-bond acceptors (Lipinski definition) is 2. The zero-order chi connectivity index (χ0) is 12.1. The Morgan fingerprint density at radius 2 is 2.12 bits per heavy atom. The first-order valence-corrected chi connectivity index (χ1v) is 7.15. The molecule has 1 aromatic carbocycles. The molecule has 0 fully saturated rings. The first-order chi connectivity index (χ1) is 8.24. The molecular weight excluding hydrogens is 226 g/mol. The molecule has 0 amide bonds. The molecule has 1 nitrogen and oxygen atoms in total. The molecule has 0 N–H and O–H groups in total. The van der Waals surface area contributed by atoms with Crippen molar-refractivity contribution >= 4 is 16.8 Å². The third kappa shape index (κ3) is 4.04. The molecule has 2 rings (SSSR count). The van der Waals surface area contributed by atoms with Crippen LogP contribution in [0, 0.1) is 5.92 Å². The molecule has 1 atom stereocenters. The number of nitrogens with zero attached hydrogens (tertiary/aromatic N) is 1. The first-order valence-electron chi connectivity index (χ1n) is 6.17. The normalized spacial score (nSPS) is 20.2. The van der Waals surface area contributed by atoms with E-state index in [1.54, 1.807) is 0 Å². The lowest BCUT2D eigenvalue weighted by Crippen LogP contribution is -2.07. The van der Waals surface area contributed by atoms with Crippen molar-refractivity contribution in [3.63, 3.8) is 0 Å². The van der Waals surface area contributed by atoms with Crippen molar-refractivity contribution in [1.29, 1.82) is 0 Å². The van der Waals surface area contributed by atoms with Gasteiger partial charge in [0.1, 0.15) is 0 Å². The third-order valence-electron chi connectivity index (χ3n) is 2.67. The quantitative estimate of drug-likeness (QED) is 0.782. The summed E-state index contributed by atoms with van der Waals surface area (Å²) in [6.45, 7) is 4.39. The third-order valence-corrected chi connectivity index (χ3v) is 3.76. The highest BCUT2D eigenvalue weighted by molar-refractivity contribution is 8.14. The molecule has 0 saturated carbocycles. The fraction of sp³-hybridized carbons (Fsp3) is 0.400. The first kappa shape index (κ1) is 12.4. The highest BCUT2D eigenvalue weighted by Crippen LogP contribution is 2.22. The van der Waals surface area contributed by atoms with Gasteiger partial charge in [0, 0.05) is 5.75 Å². The van der Waals surface area contributed by atoms with E-state index in [2.05, 4.69) is 56.3 Å². The van der Waals surface area contributed by atoms with E-state index in [4.69, 9.17) is 4.99 Å². The molecule has 1 aliphatic heterocycles. The van der Waals surface area contributed by atoms with Crippen LogP contribution >= 0.6 is 11.8 Å². The van der Waals surface area contributed by atoms with Crippen LogP contribution in [0.4, 0.5) is 0 Å². The molecule has 90 valence electrons. The summed E-state index contributed by atoms with van der Waals surface area (Å²) < 4.78 is 0. The molecule has 2 heteroatoms. The maximum absolute atomic E-state index is 4.75. The van der Waals surface area contributed by atoms with Crippen molar-refractivity contribution < 1.29 is 0 Å². The van der Waals surface area contributed by atoms with E-state index < -0.39 is 0 Å². The Hall–Kier alpha value is -1.02. The van der Waals surface area contributed by atoms with Crippen LogP contribution in [0.3, 0.4) is 0 Å². The Bertz CT molecular complexity index is 406. The van der Waals surface area contributed by atoms with Crippen molar-refractivity contribution in [1.82, 2.24) is 0 Å². The number of thioether (sulfide) groups is 1. The summed E-state index contributed by atoms with van der Waals surface area (Å²) in [5, 5.41) is 1.19. The van der Waals surface area contributed by atoms with E-state index in [1.165, 1.54) is 10.6 Å². The van der Waals surface area contributed by atoms with Gasteiger partial charge in [-0.3, -0.25) is 4.99 Å². The smallest absolute Gasteiger partial charge is 0.0905 e. The van der Waals surface area contributed by atoms with E-state index in [0.717, 1.165) is 12.2 Å². The Balaban J connectivity index is 1.93. The van der Waals surface area contributed by atoms with Crippen LogP contribution < -0.4 is 0 Å². The second-order valence-electron chi connectivity index (χ2n) is 4.73. The molecule has 0 saturated heterocycles. The molecule has 0 radical (unpaired) electrons. The summed E-state index contributed by atoms with van der Waals surface area (Å²) in [5.74, 6) is 1.72. The van der Waals surface area contributed by atoms with Gasteiger partial charge in [-0.2, -0.15) is 0 Å². The molecule has 0 bridgehead atoms. The number of aliphatic imine (C=N–C) groups is 1. The Kier molecular flexibility index (Phi) is 4.43. The lowest BCUT2D eigenvalue weighted by atomic mass is 10.1. The van der Waals surface area contributed by atoms with Gasteiger partial charge in [-0.25, -0.2) is 0 Å². The van der Waals surface area contributed by atoms with Crippen LogP contribution in [-0.4, -0.2) is 16.8 Å². The van der Waals surface area contributed by atoms with Gasteiger partial charge in [0.2, 0.25) is 0 Å². The molecule has 0 spiro atoms. The average molecular weight is 245 g/mol. The average Bonchev–Trinajstić information content (AvgIpc) is 2.75. The van der Waals surface area contributed by atoms with Crippen molar-refractivity contribution in [2.24, 2.45) is 10.9 Å². The van der Waals surface area contributed by atoms with Gasteiger partial charge >= 0.3 is 0 Å². The van der Waals surface area contributed by atoms with Gasteiger partial charge in [0.05, 0.1) is 11.1 Å². The maximum Gasteiger partial charge on any atom is 0.0905 e. The maximum atomic E-state index is 4.75. The van der Waals surface area contributed by atoms with Gasteiger partial charge in [-0.1, -0.05) is 50.3 Å². The predicted octanol–water partition coefficient (Wildman–Crippen LogP) is 3.96. The predicted molar refractivity (Wildman–Crippen MR) is 77.8 cm³/mol. The van der Waals surface area contributed by atoms with E-state index in [-0.39, 0.29) is 0 Å². The number of allylic oxidation sites excluding steroid dienone is 1. The zero-order valence-electron chi connectivity index (χ0n) is 10.5. The molecular formula is C15H19NS. The SMILES string of the molecule is CC(C)/C=C/C1=N[C@@H](Cc2ccccc2)CS1. The molecule has 0 unspecified atom stereocenters. The minimum Gasteiger partial charge on any atom is -0.274 e. The van der Waals surface area contributed by atoms with Gasteiger partial charge in [0.25, 0.3) is 0 Å². The standard InChI is InChI=1S/C15H19NS/c1-12(2)8-9-15-16-14(11-17-15)10-13-6-4-3-5-7-13/h3-9,12,14H,10-11H2,1-2H3/b9-8+/t14-/m0/s1. The second-order valence-corrected chi connectivity index (χ2v) is 5.77. The van der Waals surface area contributed by atoms with Gasteiger partial charge in [-0.05, 0) is 24.0 Å². The van der Waals surface area contributed by atoms with E-state index in [1.807, 2.05) is 11.8 Å². The number of benzene rings is 1. The lowest BCUT2D eigenvalue weighted by molar-refractivity contribution is 0.763. The van der Waals surface area contributed by atoms with Crippen molar-refractivity contribution in [2.45, 2.75) is 26.3 Å². The Morgan fingerprint density at radius 1 is 1.35 bits per heavy atom. The van der Waals surface area contributed by atoms with Crippen molar-refractivity contribution in [3.05, 3.63) is 48.0 Å². The lowest BCUT2D eigenvalue weighted by Gasteiger charge is -2.04. The highest BCUT2D eigenvalue weighted by Gasteiger charge is 2.16. The fourth-order valence-corrected chi connectivity index (χ4v) is 2.75. The van der Waals surface area contributed by atoms with E-state index >= 15 is 0 Å². The van der Waals surface area contributed by atoms with E-state index in [0.29, 0.717) is 12.0 Å². The Labute approximate surface area is 108 Å². The summed E-state index contributed by atoms with van der Waals surface area (Å²) in [4.78, 5) is 4.75. The molecule has 1 heterocycles. The summed E-state index contributed by atoms with van der Waals surface area (Å²) in [7, 11) is 0. The molecule has 0 aromatic heterocycles. The summed E-state index contributed by atoms with van der Waals surface area (Å²) in [6.07, 6.45) is 5.45. The van der Waals surface area contributed by atoms with Crippen LogP contribution in [0.1, 0.15) is 19.4 Å². The number of rotatable bonds is 4. The van der Waals surface area contributed by atoms with Crippen LogP contribution in [-0.2, 0) is 6.42 Å². The summed E-state index contributed by atoms with van der Waals surface area (Å²) in [5.41, 5.74) is 1.39. The van der Waals surface area contributed by atoms with Crippen molar-refractivity contribution in [2.75, 3.05) is 5.75 Å². The highest BCUT2D eigenvalue weighted by atomic mass is 32.2. The molecule has 1 aliphatic rings. The number of hydrogen-bond donors (Lipinski definition) is 0. The molecule has 0 aliphatic carbocycles. The summed E-state index contributed by atoms with van der Waals surface area (Å²) >= 11 is 1.87. The van der Waals surface area contributed by atoms with Crippen LogP contribution in [0.5, 0.6) is 0 Å². The van der Waals surface area contributed by atoms with Crippen LogP contribution in [0.25, 0.3) is 0 Å². The second kappa shape index (κ2) is 6.06. The van der Waals surface area contributed by atoms with Crippen LogP contribution in [0.2, 0.25) is 0 Å². The topological polar surface area (TPSA) is 12.4 Å². The summed E-state index contributed by atoms with van der Waals surface area (Å²) in [6, 6.07) is 11.1. The minimum absolute atomic E-state index is 0.453. The molecule has 17 heavy (non-hydrogen) atoms. The van der Waals surface area contributed by atoms with Crippen LogP contribution in [0.15, 0.2) is 47.5 Å². The fourth-order valence-electron chi connectivity index (χ4n) is 1.79. The van der Waals surface area contributed by atoms with Gasteiger partial charge < -0.3 is 0 Å². The van der Waals surface area contributed by atoms with Crippen molar-refractivity contribution in [3.8, 4) is 0 Å².